The highest BCUT2D eigenvalue weighted by Gasteiger charge is 2.17. The SMILES string of the molecule is COc1cc(C#N)cc(Oc2ccc(Br)cc2[N+](=O)[O-])c1. The van der Waals surface area contributed by atoms with Crippen molar-refractivity contribution in [3.63, 3.8) is 0 Å². The molecule has 0 spiro atoms. The number of hydrogen-bond donors (Lipinski definition) is 0. The Morgan fingerprint density at radius 2 is 1.95 bits per heavy atom. The minimum Gasteiger partial charge on any atom is -0.497 e. The summed E-state index contributed by atoms with van der Waals surface area (Å²) in [6.45, 7) is 0. The first kappa shape index (κ1) is 14.8. The number of nitriles is 1. The van der Waals surface area contributed by atoms with E-state index in [2.05, 4.69) is 15.9 Å². The number of ether oxygens (including phenoxy) is 2. The fourth-order valence-corrected chi connectivity index (χ4v) is 2.01. The molecule has 0 aliphatic heterocycles. The minimum atomic E-state index is -0.536. The number of nitro groups is 1. The van der Waals surface area contributed by atoms with Crippen LogP contribution in [0.3, 0.4) is 0 Å². The van der Waals surface area contributed by atoms with E-state index < -0.39 is 4.92 Å². The van der Waals surface area contributed by atoms with Crippen molar-refractivity contribution in [1.29, 1.82) is 5.26 Å². The van der Waals surface area contributed by atoms with Gasteiger partial charge in [0.2, 0.25) is 5.75 Å². The van der Waals surface area contributed by atoms with E-state index in [-0.39, 0.29) is 17.2 Å². The molecule has 0 aliphatic rings. The third-order valence-electron chi connectivity index (χ3n) is 2.59. The zero-order valence-corrected chi connectivity index (χ0v) is 12.5. The Labute approximate surface area is 128 Å². The molecule has 106 valence electrons. The van der Waals surface area contributed by atoms with Gasteiger partial charge >= 0.3 is 5.69 Å². The molecule has 0 aromatic heterocycles. The number of hydrogen-bond acceptors (Lipinski definition) is 5. The van der Waals surface area contributed by atoms with Crippen LogP contribution in [-0.2, 0) is 0 Å². The van der Waals surface area contributed by atoms with Gasteiger partial charge < -0.3 is 9.47 Å². The van der Waals surface area contributed by atoms with Gasteiger partial charge in [0.05, 0.1) is 23.7 Å². The molecule has 2 aromatic rings. The molecule has 2 rings (SSSR count). The number of nitrogens with zero attached hydrogens (tertiary/aromatic N) is 2. The number of benzene rings is 2. The fourth-order valence-electron chi connectivity index (χ4n) is 1.66. The molecule has 0 saturated carbocycles. The smallest absolute Gasteiger partial charge is 0.312 e. The van der Waals surface area contributed by atoms with Gasteiger partial charge in [0.25, 0.3) is 0 Å². The molecular formula is C14H9BrN2O4. The molecule has 0 bridgehead atoms. The Morgan fingerprint density at radius 3 is 2.57 bits per heavy atom. The first-order valence-electron chi connectivity index (χ1n) is 5.74. The van der Waals surface area contributed by atoms with E-state index in [0.29, 0.717) is 15.8 Å². The predicted octanol–water partition coefficient (Wildman–Crippen LogP) is 4.03. The molecule has 2 aromatic carbocycles. The Balaban J connectivity index is 2.43. The minimum absolute atomic E-state index is 0.0837. The molecule has 0 radical (unpaired) electrons. The van der Waals surface area contributed by atoms with Crippen molar-refractivity contribution in [3.05, 3.63) is 56.5 Å². The quantitative estimate of drug-likeness (QED) is 0.614. The lowest BCUT2D eigenvalue weighted by Gasteiger charge is -2.08. The summed E-state index contributed by atoms with van der Waals surface area (Å²) in [5.41, 5.74) is 0.162. The van der Waals surface area contributed by atoms with Crippen LogP contribution in [-0.4, -0.2) is 12.0 Å². The van der Waals surface area contributed by atoms with E-state index in [4.69, 9.17) is 14.7 Å². The van der Waals surface area contributed by atoms with Crippen molar-refractivity contribution >= 4 is 21.6 Å². The van der Waals surface area contributed by atoms with E-state index in [1.54, 1.807) is 18.2 Å². The van der Waals surface area contributed by atoms with Crippen molar-refractivity contribution < 1.29 is 14.4 Å². The van der Waals surface area contributed by atoms with Crippen LogP contribution >= 0.6 is 15.9 Å². The van der Waals surface area contributed by atoms with Gasteiger partial charge in [-0.05, 0) is 24.3 Å². The van der Waals surface area contributed by atoms with Crippen molar-refractivity contribution in [1.82, 2.24) is 0 Å². The average Bonchev–Trinajstić information content (AvgIpc) is 2.48. The van der Waals surface area contributed by atoms with Crippen LogP contribution in [0.1, 0.15) is 5.56 Å². The zero-order chi connectivity index (χ0) is 15.4. The van der Waals surface area contributed by atoms with Gasteiger partial charge in [-0.3, -0.25) is 10.1 Å². The molecule has 0 atom stereocenters. The monoisotopic (exact) mass is 348 g/mol. The summed E-state index contributed by atoms with van der Waals surface area (Å²) in [6, 6.07) is 11.0. The van der Waals surface area contributed by atoms with E-state index in [9.17, 15) is 10.1 Å². The van der Waals surface area contributed by atoms with Crippen LogP contribution in [0.4, 0.5) is 5.69 Å². The summed E-state index contributed by atoms with van der Waals surface area (Å²) in [5.74, 6) is 0.806. The first-order chi connectivity index (χ1) is 10.0. The van der Waals surface area contributed by atoms with Gasteiger partial charge in [-0.25, -0.2) is 0 Å². The van der Waals surface area contributed by atoms with E-state index in [0.717, 1.165) is 0 Å². The number of halogens is 1. The molecule has 0 amide bonds. The van der Waals surface area contributed by atoms with E-state index >= 15 is 0 Å². The maximum absolute atomic E-state index is 11.0. The van der Waals surface area contributed by atoms with Gasteiger partial charge in [-0.2, -0.15) is 5.26 Å². The van der Waals surface area contributed by atoms with Gasteiger partial charge in [-0.15, -0.1) is 0 Å². The van der Waals surface area contributed by atoms with Crippen molar-refractivity contribution in [2.24, 2.45) is 0 Å². The maximum atomic E-state index is 11.0. The lowest BCUT2D eigenvalue weighted by atomic mass is 10.2. The highest BCUT2D eigenvalue weighted by atomic mass is 79.9. The molecule has 21 heavy (non-hydrogen) atoms. The second-order valence-electron chi connectivity index (χ2n) is 3.98. The highest BCUT2D eigenvalue weighted by Crippen LogP contribution is 2.35. The van der Waals surface area contributed by atoms with Crippen molar-refractivity contribution in [3.8, 4) is 23.3 Å². The molecule has 0 heterocycles. The van der Waals surface area contributed by atoms with Crippen LogP contribution in [0, 0.1) is 21.4 Å². The molecule has 0 aliphatic carbocycles. The number of nitro benzene ring substituents is 1. The lowest BCUT2D eigenvalue weighted by molar-refractivity contribution is -0.385. The molecule has 0 fully saturated rings. The maximum Gasteiger partial charge on any atom is 0.312 e. The normalized spacial score (nSPS) is 9.76. The fraction of sp³-hybridized carbons (Fsp3) is 0.0714. The summed E-state index contributed by atoms with van der Waals surface area (Å²) in [7, 11) is 1.46. The van der Waals surface area contributed by atoms with E-state index in [1.165, 1.54) is 25.3 Å². The summed E-state index contributed by atoms with van der Waals surface area (Å²) in [6.07, 6.45) is 0. The highest BCUT2D eigenvalue weighted by molar-refractivity contribution is 9.10. The van der Waals surface area contributed by atoms with Crippen molar-refractivity contribution in [2.45, 2.75) is 0 Å². The first-order valence-corrected chi connectivity index (χ1v) is 6.54. The number of rotatable bonds is 4. The summed E-state index contributed by atoms with van der Waals surface area (Å²) in [4.78, 5) is 10.5. The molecule has 0 N–H and O–H groups in total. The molecular weight excluding hydrogens is 340 g/mol. The molecule has 6 nitrogen and oxygen atoms in total. The summed E-state index contributed by atoms with van der Waals surface area (Å²) in [5, 5.41) is 20.0. The summed E-state index contributed by atoms with van der Waals surface area (Å²) >= 11 is 3.17. The second kappa shape index (κ2) is 6.24. The van der Waals surface area contributed by atoms with Gasteiger partial charge in [0.15, 0.2) is 0 Å². The Morgan fingerprint density at radius 1 is 1.24 bits per heavy atom. The van der Waals surface area contributed by atoms with E-state index in [1.807, 2.05) is 6.07 Å². The predicted molar refractivity (Wildman–Crippen MR) is 78.6 cm³/mol. The van der Waals surface area contributed by atoms with Crippen LogP contribution in [0.25, 0.3) is 0 Å². The Bertz CT molecular complexity index is 740. The average molecular weight is 349 g/mol. The largest absolute Gasteiger partial charge is 0.497 e. The second-order valence-corrected chi connectivity index (χ2v) is 4.90. The number of methoxy groups -OCH3 is 1. The van der Waals surface area contributed by atoms with Crippen LogP contribution in [0.15, 0.2) is 40.9 Å². The van der Waals surface area contributed by atoms with Crippen LogP contribution in [0.2, 0.25) is 0 Å². The Kier molecular flexibility index (Phi) is 4.40. The topological polar surface area (TPSA) is 85.4 Å². The van der Waals surface area contributed by atoms with Crippen molar-refractivity contribution in [2.75, 3.05) is 7.11 Å². The summed E-state index contributed by atoms with van der Waals surface area (Å²) < 4.78 is 11.2. The third-order valence-corrected chi connectivity index (χ3v) is 3.08. The standard InChI is InChI=1S/C14H9BrN2O4/c1-20-11-4-9(8-16)5-12(7-11)21-14-3-2-10(15)6-13(14)17(18)19/h2-7H,1H3. The zero-order valence-electron chi connectivity index (χ0n) is 10.9. The van der Waals surface area contributed by atoms with Crippen LogP contribution in [0.5, 0.6) is 17.2 Å². The van der Waals surface area contributed by atoms with Gasteiger partial charge in [0, 0.05) is 16.6 Å². The third kappa shape index (κ3) is 3.49. The lowest BCUT2D eigenvalue weighted by Crippen LogP contribution is -1.94. The van der Waals surface area contributed by atoms with Gasteiger partial charge in [0.1, 0.15) is 11.5 Å². The molecule has 7 heteroatoms. The van der Waals surface area contributed by atoms with Crippen LogP contribution < -0.4 is 9.47 Å². The molecule has 0 unspecified atom stereocenters. The Hall–Kier alpha value is -2.59. The molecule has 0 saturated heterocycles. The van der Waals surface area contributed by atoms with Gasteiger partial charge in [-0.1, -0.05) is 15.9 Å².